The lowest BCUT2D eigenvalue weighted by molar-refractivity contribution is -0.153. The van der Waals surface area contributed by atoms with Gasteiger partial charge in [0.2, 0.25) is 0 Å². The minimum atomic E-state index is -0.517. The lowest BCUT2D eigenvalue weighted by Crippen LogP contribution is -2.25. The van der Waals surface area contributed by atoms with Crippen LogP contribution in [0.4, 0.5) is 5.69 Å². The first-order valence-corrected chi connectivity index (χ1v) is 14.0. The second-order valence-corrected chi connectivity index (χ2v) is 11.0. The molecular formula is C26H37N3O6S2. The first-order chi connectivity index (χ1) is 17.4. The molecule has 2 rings (SSSR count). The number of carbonyl (C=O) groups is 3. The molecular weight excluding hydrogens is 514 g/mol. The van der Waals surface area contributed by atoms with Crippen LogP contribution in [0.2, 0.25) is 0 Å². The van der Waals surface area contributed by atoms with Crippen LogP contribution in [0.15, 0.2) is 34.3 Å². The molecule has 11 heteroatoms. The smallest absolute Gasteiger partial charge is 0.358 e. The van der Waals surface area contributed by atoms with Crippen molar-refractivity contribution >= 4 is 47.1 Å². The number of esters is 3. The van der Waals surface area contributed by atoms with Gasteiger partial charge in [-0.3, -0.25) is 4.79 Å². The van der Waals surface area contributed by atoms with Gasteiger partial charge in [0, 0.05) is 16.0 Å². The molecule has 204 valence electrons. The zero-order valence-corrected chi connectivity index (χ0v) is 24.2. The molecule has 0 fully saturated rings. The second kappa shape index (κ2) is 16.1. The molecule has 0 aromatic carbocycles. The number of hydrogen-bond donors (Lipinski definition) is 1. The largest absolute Gasteiger partial charge is 0.461 e. The highest BCUT2D eigenvalue weighted by molar-refractivity contribution is 7.99. The number of ether oxygens (including phenoxy) is 3. The van der Waals surface area contributed by atoms with Crippen molar-refractivity contribution in [2.75, 3.05) is 30.5 Å². The second-order valence-electron chi connectivity index (χ2n) is 8.38. The molecule has 0 bridgehead atoms. The van der Waals surface area contributed by atoms with Gasteiger partial charge in [0.15, 0.2) is 11.4 Å². The van der Waals surface area contributed by atoms with Crippen molar-refractivity contribution in [3.63, 3.8) is 0 Å². The maximum atomic E-state index is 11.9. The molecule has 9 nitrogen and oxygen atoms in total. The van der Waals surface area contributed by atoms with Gasteiger partial charge >= 0.3 is 17.9 Å². The molecule has 0 saturated heterocycles. The minimum absolute atomic E-state index is 0.130. The van der Waals surface area contributed by atoms with Crippen LogP contribution in [-0.2, 0) is 25.4 Å². The highest BCUT2D eigenvalue weighted by Gasteiger charge is 2.19. The Hall–Kier alpha value is -2.79. The number of nitrogens with two attached hydrogens (primary N) is 1. The zero-order chi connectivity index (χ0) is 28.0. The minimum Gasteiger partial charge on any atom is -0.461 e. The molecule has 0 atom stereocenters. The van der Waals surface area contributed by atoms with Gasteiger partial charge in [-0.25, -0.2) is 19.6 Å². The van der Waals surface area contributed by atoms with Gasteiger partial charge in [0.25, 0.3) is 0 Å². The molecule has 0 aliphatic carbocycles. The van der Waals surface area contributed by atoms with Crippen LogP contribution in [0.5, 0.6) is 0 Å². The highest BCUT2D eigenvalue weighted by atomic mass is 32.2. The number of rotatable bonds is 10. The van der Waals surface area contributed by atoms with Crippen molar-refractivity contribution in [1.82, 2.24) is 9.97 Å². The third kappa shape index (κ3) is 11.9. The number of nitrogen functional groups attached to an aromatic ring is 1. The molecule has 0 amide bonds. The molecule has 0 spiro atoms. The number of thioether (sulfide) groups is 2. The summed E-state index contributed by atoms with van der Waals surface area (Å²) in [6, 6.07) is 3.55. The predicted molar refractivity (Wildman–Crippen MR) is 147 cm³/mol. The Kier molecular flexibility index (Phi) is 14.1. The quantitative estimate of drug-likeness (QED) is 0.237. The first kappa shape index (κ1) is 32.2. The van der Waals surface area contributed by atoms with Crippen LogP contribution in [-0.4, -0.2) is 58.2 Å². The van der Waals surface area contributed by atoms with Crippen molar-refractivity contribution in [2.24, 2.45) is 0 Å². The van der Waals surface area contributed by atoms with Gasteiger partial charge in [-0.2, -0.15) is 0 Å². The standard InChI is InChI=1S/C16H23NO4S.C10H14N2O2S/c1-6-20-15(19)14-12(22-7-2)8-11(10-17-14)9-13(18)21-16(3,4)5;1-3-14-10(13)9-8(15-4-2)5-7(11)6-12-9/h8,10H,6-7,9H2,1-5H3;5-6H,3-4,11H2,1-2H3. The van der Waals surface area contributed by atoms with E-state index in [1.165, 1.54) is 35.9 Å². The van der Waals surface area contributed by atoms with Crippen molar-refractivity contribution < 1.29 is 28.6 Å². The van der Waals surface area contributed by atoms with Gasteiger partial charge in [-0.05, 0) is 63.8 Å². The van der Waals surface area contributed by atoms with Crippen LogP contribution >= 0.6 is 23.5 Å². The normalized spacial score (nSPS) is 10.7. The molecule has 2 N–H and O–H groups in total. The highest BCUT2D eigenvalue weighted by Crippen LogP contribution is 2.25. The molecule has 0 aliphatic heterocycles. The SMILES string of the molecule is CCOC(=O)c1ncc(CC(=O)OC(C)(C)C)cc1SCC.CCOC(=O)c1ncc(N)cc1SCC. The molecule has 2 aromatic rings. The summed E-state index contributed by atoms with van der Waals surface area (Å²) >= 11 is 3.02. The number of aromatic nitrogens is 2. The lowest BCUT2D eigenvalue weighted by atomic mass is 10.1. The van der Waals surface area contributed by atoms with Crippen LogP contribution in [0.1, 0.15) is 75.0 Å². The topological polar surface area (TPSA) is 131 Å². The summed E-state index contributed by atoms with van der Waals surface area (Å²) in [5.41, 5.74) is 7.00. The van der Waals surface area contributed by atoms with E-state index in [9.17, 15) is 14.4 Å². The average molecular weight is 552 g/mol. The molecule has 0 saturated carbocycles. The molecule has 37 heavy (non-hydrogen) atoms. The Balaban J connectivity index is 0.000000397. The van der Waals surface area contributed by atoms with E-state index in [0.717, 1.165) is 26.9 Å². The van der Waals surface area contributed by atoms with Gasteiger partial charge < -0.3 is 19.9 Å². The summed E-state index contributed by atoms with van der Waals surface area (Å²) in [4.78, 5) is 44.9. The summed E-state index contributed by atoms with van der Waals surface area (Å²) in [5, 5.41) is 0. The van der Waals surface area contributed by atoms with E-state index in [-0.39, 0.29) is 12.4 Å². The van der Waals surface area contributed by atoms with Crippen molar-refractivity contribution in [3.05, 3.63) is 41.5 Å². The van der Waals surface area contributed by atoms with Gasteiger partial charge in [0.1, 0.15) is 5.60 Å². The molecule has 2 aromatic heterocycles. The van der Waals surface area contributed by atoms with E-state index in [4.69, 9.17) is 19.9 Å². The number of pyridine rings is 2. The van der Waals surface area contributed by atoms with E-state index >= 15 is 0 Å². The summed E-state index contributed by atoms with van der Waals surface area (Å²) in [7, 11) is 0. The Labute approximate surface area is 227 Å². The Morgan fingerprint density at radius 1 is 0.838 bits per heavy atom. The van der Waals surface area contributed by atoms with Gasteiger partial charge in [-0.15, -0.1) is 23.5 Å². The molecule has 0 unspecified atom stereocenters. The van der Waals surface area contributed by atoms with E-state index < -0.39 is 17.5 Å². The van der Waals surface area contributed by atoms with Gasteiger partial charge in [-0.1, -0.05) is 13.8 Å². The summed E-state index contributed by atoms with van der Waals surface area (Å²) in [6.45, 7) is 13.6. The third-order valence-electron chi connectivity index (χ3n) is 4.09. The fourth-order valence-corrected chi connectivity index (χ4v) is 4.44. The molecule has 0 radical (unpaired) electrons. The van der Waals surface area contributed by atoms with Crippen molar-refractivity contribution in [1.29, 1.82) is 0 Å². The fourth-order valence-electron chi connectivity index (χ4n) is 2.82. The zero-order valence-electron chi connectivity index (χ0n) is 22.6. The van der Waals surface area contributed by atoms with E-state index in [1.807, 2.05) is 34.6 Å². The van der Waals surface area contributed by atoms with Crippen LogP contribution in [0, 0.1) is 0 Å². The number of carbonyl (C=O) groups excluding carboxylic acids is 3. The predicted octanol–water partition coefficient (Wildman–Crippen LogP) is 5.21. The maximum absolute atomic E-state index is 11.9. The average Bonchev–Trinajstić information content (AvgIpc) is 2.79. The summed E-state index contributed by atoms with van der Waals surface area (Å²) in [6.07, 6.45) is 3.12. The Bertz CT molecular complexity index is 1060. The Morgan fingerprint density at radius 3 is 1.78 bits per heavy atom. The summed E-state index contributed by atoms with van der Waals surface area (Å²) < 4.78 is 15.2. The van der Waals surface area contributed by atoms with E-state index in [2.05, 4.69) is 9.97 Å². The number of anilines is 1. The number of hydrogen-bond acceptors (Lipinski definition) is 11. The van der Waals surface area contributed by atoms with Gasteiger partial charge in [0.05, 0.1) is 31.5 Å². The monoisotopic (exact) mass is 551 g/mol. The van der Waals surface area contributed by atoms with Crippen LogP contribution < -0.4 is 5.73 Å². The lowest BCUT2D eigenvalue weighted by Gasteiger charge is -2.19. The molecule has 0 aliphatic rings. The molecule has 2 heterocycles. The van der Waals surface area contributed by atoms with Crippen molar-refractivity contribution in [2.45, 2.75) is 70.3 Å². The van der Waals surface area contributed by atoms with Crippen LogP contribution in [0.3, 0.4) is 0 Å². The summed E-state index contributed by atoms with van der Waals surface area (Å²) in [5.74, 6) is 0.503. The van der Waals surface area contributed by atoms with Crippen molar-refractivity contribution in [3.8, 4) is 0 Å². The number of nitrogens with zero attached hydrogens (tertiary/aromatic N) is 2. The van der Waals surface area contributed by atoms with Crippen LogP contribution in [0.25, 0.3) is 0 Å². The Morgan fingerprint density at radius 2 is 1.32 bits per heavy atom. The van der Waals surface area contributed by atoms with E-state index in [1.54, 1.807) is 26.0 Å². The first-order valence-electron chi connectivity index (χ1n) is 12.0. The third-order valence-corrected chi connectivity index (χ3v) is 5.91. The fraction of sp³-hybridized carbons (Fsp3) is 0.500. The maximum Gasteiger partial charge on any atom is 0.358 e. The van der Waals surface area contributed by atoms with E-state index in [0.29, 0.717) is 30.3 Å².